The van der Waals surface area contributed by atoms with Crippen LogP contribution in [0.4, 0.5) is 4.39 Å². The van der Waals surface area contributed by atoms with Gasteiger partial charge in [0.2, 0.25) is 10.0 Å². The average molecular weight is 465 g/mol. The molecule has 6 nitrogen and oxygen atoms in total. The Hall–Kier alpha value is -1.94. The fraction of sp³-hybridized carbons (Fsp3) is 0.409. The molecule has 2 aliphatic heterocycles. The lowest BCUT2D eigenvalue weighted by Gasteiger charge is -2.34. The number of amides is 1. The average Bonchev–Trinajstić information content (AvgIpc) is 2.73. The quantitative estimate of drug-likeness (QED) is 0.749. The second-order valence-corrected chi connectivity index (χ2v) is 11.0. The number of halogens is 1. The van der Waals surface area contributed by atoms with E-state index in [0.717, 1.165) is 16.2 Å². The Morgan fingerprint density at radius 2 is 1.90 bits per heavy atom. The summed E-state index contributed by atoms with van der Waals surface area (Å²) in [5, 5.41) is 2.94. The van der Waals surface area contributed by atoms with Crippen molar-refractivity contribution in [2.45, 2.75) is 48.3 Å². The second kappa shape index (κ2) is 8.90. The van der Waals surface area contributed by atoms with E-state index in [2.05, 4.69) is 5.32 Å². The molecule has 1 N–H and O–H groups in total. The van der Waals surface area contributed by atoms with Gasteiger partial charge in [0.15, 0.2) is 0 Å². The molecular formula is C22H25FN2O4S2. The summed E-state index contributed by atoms with van der Waals surface area (Å²) >= 11 is 1.63. The molecule has 0 aromatic heterocycles. The number of thioether (sulfide) groups is 1. The molecule has 0 saturated carbocycles. The van der Waals surface area contributed by atoms with Crippen molar-refractivity contribution in [3.05, 3.63) is 59.4 Å². The van der Waals surface area contributed by atoms with Gasteiger partial charge >= 0.3 is 0 Å². The Kier molecular flexibility index (Phi) is 6.39. The number of sulfonamides is 1. The third kappa shape index (κ3) is 4.79. The van der Waals surface area contributed by atoms with Crippen molar-refractivity contribution in [2.24, 2.45) is 0 Å². The number of ether oxygens (including phenoxy) is 1. The number of rotatable bonds is 4. The molecule has 0 bridgehead atoms. The van der Waals surface area contributed by atoms with Crippen LogP contribution in [0, 0.1) is 5.82 Å². The minimum Gasteiger partial charge on any atom is -0.373 e. The lowest BCUT2D eigenvalue weighted by molar-refractivity contribution is -0.0440. The van der Waals surface area contributed by atoms with Crippen molar-refractivity contribution in [1.82, 2.24) is 9.62 Å². The predicted molar refractivity (Wildman–Crippen MR) is 117 cm³/mol. The molecule has 1 fully saturated rings. The predicted octanol–water partition coefficient (Wildman–Crippen LogP) is 3.59. The zero-order valence-corrected chi connectivity index (χ0v) is 19.0. The van der Waals surface area contributed by atoms with Crippen LogP contribution in [-0.4, -0.2) is 49.7 Å². The maximum absolute atomic E-state index is 13.7. The lowest BCUT2D eigenvalue weighted by atomic mass is 10.0. The Morgan fingerprint density at radius 3 is 2.65 bits per heavy atom. The summed E-state index contributed by atoms with van der Waals surface area (Å²) in [5.41, 5.74) is 1.01. The molecule has 166 valence electrons. The Balaban J connectivity index is 1.55. The van der Waals surface area contributed by atoms with E-state index in [9.17, 15) is 17.6 Å². The number of morpholine rings is 1. The third-order valence-corrected chi connectivity index (χ3v) is 8.39. The van der Waals surface area contributed by atoms with E-state index >= 15 is 0 Å². The van der Waals surface area contributed by atoms with Crippen LogP contribution < -0.4 is 5.32 Å². The molecule has 1 saturated heterocycles. The normalized spacial score (nSPS) is 24.4. The van der Waals surface area contributed by atoms with Crippen LogP contribution in [0.1, 0.15) is 42.2 Å². The zero-order chi connectivity index (χ0) is 22.2. The van der Waals surface area contributed by atoms with Gasteiger partial charge in [-0.2, -0.15) is 4.31 Å². The molecule has 0 spiro atoms. The number of nitrogens with zero attached hydrogens (tertiary/aromatic N) is 1. The first-order valence-corrected chi connectivity index (χ1v) is 12.7. The molecule has 2 aromatic rings. The number of hydrogen-bond donors (Lipinski definition) is 1. The SMILES string of the molecule is C[C@@H]1CN(S(=O)(=O)c2cccc(C(=O)N[C@H]3CCSc4ccc(F)cc43)c2)C[C@H](C)O1. The molecule has 9 heteroatoms. The van der Waals surface area contributed by atoms with Gasteiger partial charge in [-0.1, -0.05) is 6.07 Å². The van der Waals surface area contributed by atoms with Crippen molar-refractivity contribution in [2.75, 3.05) is 18.8 Å². The number of hydrogen-bond acceptors (Lipinski definition) is 5. The van der Waals surface area contributed by atoms with Crippen LogP contribution in [0.3, 0.4) is 0 Å². The summed E-state index contributed by atoms with van der Waals surface area (Å²) in [6, 6.07) is 10.3. The number of carbonyl (C=O) groups is 1. The van der Waals surface area contributed by atoms with Crippen LogP contribution in [0.2, 0.25) is 0 Å². The molecule has 1 amide bonds. The summed E-state index contributed by atoms with van der Waals surface area (Å²) in [5.74, 6) is 0.0845. The van der Waals surface area contributed by atoms with Gasteiger partial charge < -0.3 is 10.1 Å². The van der Waals surface area contributed by atoms with Crippen molar-refractivity contribution in [3.8, 4) is 0 Å². The van der Waals surface area contributed by atoms with E-state index in [4.69, 9.17) is 4.74 Å². The van der Waals surface area contributed by atoms with E-state index in [1.807, 2.05) is 13.8 Å². The molecule has 0 radical (unpaired) electrons. The Bertz CT molecular complexity index is 1080. The number of benzene rings is 2. The molecule has 3 atom stereocenters. The van der Waals surface area contributed by atoms with Crippen molar-refractivity contribution in [3.63, 3.8) is 0 Å². The van der Waals surface area contributed by atoms with Crippen LogP contribution >= 0.6 is 11.8 Å². The molecule has 4 rings (SSSR count). The van der Waals surface area contributed by atoms with Gasteiger partial charge in [-0.3, -0.25) is 4.79 Å². The molecule has 31 heavy (non-hydrogen) atoms. The van der Waals surface area contributed by atoms with Crippen LogP contribution in [0.5, 0.6) is 0 Å². The van der Waals surface area contributed by atoms with Crippen molar-refractivity contribution < 1.29 is 22.3 Å². The Morgan fingerprint density at radius 1 is 1.16 bits per heavy atom. The van der Waals surface area contributed by atoms with Crippen molar-refractivity contribution >= 4 is 27.7 Å². The highest BCUT2D eigenvalue weighted by Gasteiger charge is 2.32. The minimum atomic E-state index is -3.75. The molecule has 0 unspecified atom stereocenters. The fourth-order valence-electron chi connectivity index (χ4n) is 4.03. The summed E-state index contributed by atoms with van der Waals surface area (Å²) in [6.45, 7) is 4.22. The lowest BCUT2D eigenvalue weighted by Crippen LogP contribution is -2.48. The van der Waals surface area contributed by atoms with Gasteiger partial charge in [0.25, 0.3) is 5.91 Å². The third-order valence-electron chi connectivity index (χ3n) is 5.44. The summed E-state index contributed by atoms with van der Waals surface area (Å²) in [4.78, 5) is 14.0. The number of carbonyl (C=O) groups excluding carboxylic acids is 1. The van der Waals surface area contributed by atoms with Gasteiger partial charge in [-0.15, -0.1) is 11.8 Å². The maximum atomic E-state index is 13.7. The van der Waals surface area contributed by atoms with Gasteiger partial charge in [-0.05, 0) is 62.2 Å². The fourth-order valence-corrected chi connectivity index (χ4v) is 6.77. The molecular weight excluding hydrogens is 439 g/mol. The second-order valence-electron chi connectivity index (χ2n) is 7.95. The van der Waals surface area contributed by atoms with Gasteiger partial charge in [0.1, 0.15) is 5.82 Å². The summed E-state index contributed by atoms with van der Waals surface area (Å²) in [7, 11) is -3.75. The highest BCUT2D eigenvalue weighted by Crippen LogP contribution is 2.36. The highest BCUT2D eigenvalue weighted by atomic mass is 32.2. The largest absolute Gasteiger partial charge is 0.373 e. The first-order valence-electron chi connectivity index (χ1n) is 10.2. The van der Waals surface area contributed by atoms with Crippen LogP contribution in [0.15, 0.2) is 52.3 Å². The van der Waals surface area contributed by atoms with E-state index in [1.165, 1.54) is 28.6 Å². The smallest absolute Gasteiger partial charge is 0.251 e. The molecule has 2 aromatic carbocycles. The minimum absolute atomic E-state index is 0.0760. The first-order chi connectivity index (χ1) is 14.7. The van der Waals surface area contributed by atoms with Gasteiger partial charge in [0, 0.05) is 29.3 Å². The van der Waals surface area contributed by atoms with Gasteiger partial charge in [-0.25, -0.2) is 12.8 Å². The maximum Gasteiger partial charge on any atom is 0.251 e. The summed E-state index contributed by atoms with van der Waals surface area (Å²) in [6.07, 6.45) is 0.276. The van der Waals surface area contributed by atoms with E-state index < -0.39 is 10.0 Å². The Labute approximate surface area is 186 Å². The summed E-state index contributed by atoms with van der Waals surface area (Å²) < 4.78 is 47.1. The standard InChI is InChI=1S/C22H25FN2O4S2/c1-14-12-25(13-15(2)29-14)31(27,28)18-5-3-4-16(10-18)22(26)24-20-8-9-30-21-7-6-17(23)11-19(20)21/h3-7,10-11,14-15,20H,8-9,12-13H2,1-2H3,(H,24,26)/t14-,15+,20-/m0/s1. The number of nitrogens with one attached hydrogen (secondary N) is 1. The first kappa shape index (κ1) is 22.3. The molecule has 2 aliphatic rings. The van der Waals surface area contributed by atoms with Crippen LogP contribution in [0.25, 0.3) is 0 Å². The van der Waals surface area contributed by atoms with Gasteiger partial charge in [0.05, 0.1) is 23.1 Å². The number of fused-ring (bicyclic) bond motifs is 1. The molecule has 2 heterocycles. The topological polar surface area (TPSA) is 75.7 Å². The van der Waals surface area contributed by atoms with E-state index in [1.54, 1.807) is 30.0 Å². The van der Waals surface area contributed by atoms with E-state index in [0.29, 0.717) is 6.42 Å². The van der Waals surface area contributed by atoms with E-state index in [-0.39, 0.29) is 53.5 Å². The zero-order valence-electron chi connectivity index (χ0n) is 17.4. The van der Waals surface area contributed by atoms with Crippen LogP contribution in [-0.2, 0) is 14.8 Å². The monoisotopic (exact) mass is 464 g/mol. The molecule has 0 aliphatic carbocycles. The highest BCUT2D eigenvalue weighted by molar-refractivity contribution is 7.99. The van der Waals surface area contributed by atoms with Crippen molar-refractivity contribution in [1.29, 1.82) is 0 Å².